The number of carbonyl (C=O) groups excluding carboxylic acids is 2. The van der Waals surface area contributed by atoms with Crippen molar-refractivity contribution in [2.24, 2.45) is 5.73 Å². The second-order valence-corrected chi connectivity index (χ2v) is 4.98. The molecule has 0 bridgehead atoms. The van der Waals surface area contributed by atoms with Gasteiger partial charge in [0.2, 0.25) is 11.8 Å². The highest BCUT2D eigenvalue weighted by molar-refractivity contribution is 5.95. The van der Waals surface area contributed by atoms with Crippen LogP contribution in [0.4, 0.5) is 5.69 Å². The molecule has 21 heavy (non-hydrogen) atoms. The van der Waals surface area contributed by atoms with Gasteiger partial charge in [-0.25, -0.2) is 0 Å². The number of nitrogens with two attached hydrogens (primary N) is 1. The highest BCUT2D eigenvalue weighted by atomic mass is 35.5. The molecule has 1 aliphatic rings. The minimum absolute atomic E-state index is 0. The standard InChI is InChI=1S/C15H21N3O2.ClH/c16-9-1-3-14(19)17-11-12-5-7-13(8-6-12)18-10-2-4-15(18)20;/h5-8H,1-4,9-11,16H2,(H,17,19);1H. The van der Waals surface area contributed by atoms with Crippen molar-refractivity contribution in [2.45, 2.75) is 32.2 Å². The largest absolute Gasteiger partial charge is 0.352 e. The second-order valence-electron chi connectivity index (χ2n) is 4.98. The zero-order valence-corrected chi connectivity index (χ0v) is 12.8. The van der Waals surface area contributed by atoms with E-state index in [-0.39, 0.29) is 24.2 Å². The third kappa shape index (κ3) is 5.02. The fourth-order valence-electron chi connectivity index (χ4n) is 2.27. The summed E-state index contributed by atoms with van der Waals surface area (Å²) in [6, 6.07) is 7.77. The van der Waals surface area contributed by atoms with Crippen molar-refractivity contribution in [3.63, 3.8) is 0 Å². The molecular weight excluding hydrogens is 290 g/mol. The molecule has 1 fully saturated rings. The van der Waals surface area contributed by atoms with Crippen molar-refractivity contribution in [3.05, 3.63) is 29.8 Å². The van der Waals surface area contributed by atoms with Crippen LogP contribution in [0.3, 0.4) is 0 Å². The number of nitrogens with zero attached hydrogens (tertiary/aromatic N) is 1. The van der Waals surface area contributed by atoms with E-state index < -0.39 is 0 Å². The van der Waals surface area contributed by atoms with Gasteiger partial charge < -0.3 is 16.0 Å². The maximum Gasteiger partial charge on any atom is 0.227 e. The summed E-state index contributed by atoms with van der Waals surface area (Å²) < 4.78 is 0. The zero-order valence-electron chi connectivity index (χ0n) is 12.0. The molecule has 0 aliphatic carbocycles. The van der Waals surface area contributed by atoms with Crippen LogP contribution >= 0.6 is 12.4 Å². The molecule has 0 atom stereocenters. The Balaban J connectivity index is 0.00000220. The van der Waals surface area contributed by atoms with E-state index in [9.17, 15) is 9.59 Å². The molecule has 0 spiro atoms. The van der Waals surface area contributed by atoms with Crippen LogP contribution in [0, 0.1) is 0 Å². The van der Waals surface area contributed by atoms with Gasteiger partial charge in [-0.05, 0) is 37.1 Å². The number of carbonyl (C=O) groups is 2. The van der Waals surface area contributed by atoms with Crippen molar-refractivity contribution in [2.75, 3.05) is 18.0 Å². The smallest absolute Gasteiger partial charge is 0.227 e. The van der Waals surface area contributed by atoms with Crippen LogP contribution in [-0.4, -0.2) is 24.9 Å². The van der Waals surface area contributed by atoms with Gasteiger partial charge >= 0.3 is 0 Å². The van der Waals surface area contributed by atoms with Gasteiger partial charge in [-0.2, -0.15) is 0 Å². The number of amides is 2. The topological polar surface area (TPSA) is 75.4 Å². The summed E-state index contributed by atoms with van der Waals surface area (Å²) in [4.78, 5) is 24.9. The van der Waals surface area contributed by atoms with Crippen LogP contribution in [0.2, 0.25) is 0 Å². The first-order valence-corrected chi connectivity index (χ1v) is 7.07. The summed E-state index contributed by atoms with van der Waals surface area (Å²) in [7, 11) is 0. The van der Waals surface area contributed by atoms with Crippen LogP contribution in [0.25, 0.3) is 0 Å². The molecule has 2 amide bonds. The molecular formula is C15H22ClN3O2. The number of nitrogens with one attached hydrogen (secondary N) is 1. The van der Waals surface area contributed by atoms with Crippen molar-refractivity contribution in [3.8, 4) is 0 Å². The minimum Gasteiger partial charge on any atom is -0.352 e. The Labute approximate surface area is 131 Å². The lowest BCUT2D eigenvalue weighted by molar-refractivity contribution is -0.121. The van der Waals surface area contributed by atoms with Gasteiger partial charge in [0.05, 0.1) is 0 Å². The van der Waals surface area contributed by atoms with Crippen molar-refractivity contribution in [1.82, 2.24) is 5.32 Å². The van der Waals surface area contributed by atoms with E-state index >= 15 is 0 Å². The second kappa shape index (κ2) is 8.64. The molecule has 0 saturated carbocycles. The van der Waals surface area contributed by atoms with E-state index in [0.29, 0.717) is 32.4 Å². The number of hydrogen-bond acceptors (Lipinski definition) is 3. The fourth-order valence-corrected chi connectivity index (χ4v) is 2.27. The molecule has 0 radical (unpaired) electrons. The summed E-state index contributed by atoms with van der Waals surface area (Å²) in [6.45, 7) is 1.84. The lowest BCUT2D eigenvalue weighted by Crippen LogP contribution is -2.24. The average Bonchev–Trinajstić information content (AvgIpc) is 2.89. The normalized spacial score (nSPS) is 14.0. The maximum atomic E-state index is 11.6. The summed E-state index contributed by atoms with van der Waals surface area (Å²) in [5, 5.41) is 2.86. The first-order chi connectivity index (χ1) is 9.70. The molecule has 0 aromatic heterocycles. The van der Waals surface area contributed by atoms with Crippen molar-refractivity contribution < 1.29 is 9.59 Å². The van der Waals surface area contributed by atoms with Crippen molar-refractivity contribution in [1.29, 1.82) is 0 Å². The Morgan fingerprint density at radius 2 is 2.00 bits per heavy atom. The first kappa shape index (κ1) is 17.5. The van der Waals surface area contributed by atoms with E-state index in [0.717, 1.165) is 24.2 Å². The number of rotatable bonds is 6. The van der Waals surface area contributed by atoms with E-state index in [1.54, 1.807) is 0 Å². The van der Waals surface area contributed by atoms with Crippen LogP contribution < -0.4 is 16.0 Å². The van der Waals surface area contributed by atoms with Gasteiger partial charge in [-0.3, -0.25) is 9.59 Å². The monoisotopic (exact) mass is 311 g/mol. The molecule has 116 valence electrons. The van der Waals surface area contributed by atoms with Gasteiger partial charge in [0.15, 0.2) is 0 Å². The predicted octanol–water partition coefficient (Wildman–Crippen LogP) is 1.59. The maximum absolute atomic E-state index is 11.6. The summed E-state index contributed by atoms with van der Waals surface area (Å²) in [6.07, 6.45) is 2.75. The lowest BCUT2D eigenvalue weighted by atomic mass is 10.2. The lowest BCUT2D eigenvalue weighted by Gasteiger charge is -2.16. The third-order valence-electron chi connectivity index (χ3n) is 3.42. The molecule has 6 heteroatoms. The van der Waals surface area contributed by atoms with E-state index in [1.165, 1.54) is 0 Å². The molecule has 1 aromatic rings. The summed E-state index contributed by atoms with van der Waals surface area (Å²) >= 11 is 0. The molecule has 3 N–H and O–H groups in total. The SMILES string of the molecule is Cl.NCCCC(=O)NCc1ccc(N2CCCC2=O)cc1. The van der Waals surface area contributed by atoms with Crippen LogP contribution in [0.15, 0.2) is 24.3 Å². The highest BCUT2D eigenvalue weighted by Crippen LogP contribution is 2.21. The summed E-state index contributed by atoms with van der Waals surface area (Å²) in [5.74, 6) is 0.210. The van der Waals surface area contributed by atoms with Gasteiger partial charge in [0.25, 0.3) is 0 Å². The van der Waals surface area contributed by atoms with Crippen molar-refractivity contribution >= 4 is 29.9 Å². The molecule has 1 saturated heterocycles. The zero-order chi connectivity index (χ0) is 14.4. The Morgan fingerprint density at radius 1 is 1.29 bits per heavy atom. The van der Waals surface area contributed by atoms with Gasteiger partial charge in [0, 0.05) is 31.6 Å². The Morgan fingerprint density at radius 3 is 2.57 bits per heavy atom. The van der Waals surface area contributed by atoms with Gasteiger partial charge in [-0.1, -0.05) is 12.1 Å². The van der Waals surface area contributed by atoms with E-state index in [4.69, 9.17) is 5.73 Å². The Bertz CT molecular complexity index is 476. The van der Waals surface area contributed by atoms with E-state index in [1.807, 2.05) is 29.2 Å². The minimum atomic E-state index is 0. The molecule has 0 unspecified atom stereocenters. The van der Waals surface area contributed by atoms with Gasteiger partial charge in [-0.15, -0.1) is 12.4 Å². The van der Waals surface area contributed by atoms with Crippen LogP contribution in [0.5, 0.6) is 0 Å². The predicted molar refractivity (Wildman–Crippen MR) is 85.4 cm³/mol. The Hall–Kier alpha value is -1.59. The Kier molecular flexibility index (Phi) is 7.19. The average molecular weight is 312 g/mol. The quantitative estimate of drug-likeness (QED) is 0.837. The molecule has 5 nitrogen and oxygen atoms in total. The summed E-state index contributed by atoms with van der Waals surface area (Å²) in [5.41, 5.74) is 7.32. The number of halogens is 1. The number of benzene rings is 1. The first-order valence-electron chi connectivity index (χ1n) is 7.07. The molecule has 1 aliphatic heterocycles. The molecule has 1 aromatic carbocycles. The molecule has 1 heterocycles. The third-order valence-corrected chi connectivity index (χ3v) is 3.42. The van der Waals surface area contributed by atoms with E-state index in [2.05, 4.69) is 5.32 Å². The van der Waals surface area contributed by atoms with Gasteiger partial charge in [0.1, 0.15) is 0 Å². The number of hydrogen-bond donors (Lipinski definition) is 2. The van der Waals surface area contributed by atoms with Crippen LogP contribution in [0.1, 0.15) is 31.2 Å². The van der Waals surface area contributed by atoms with Crippen LogP contribution in [-0.2, 0) is 16.1 Å². The number of anilines is 1. The highest BCUT2D eigenvalue weighted by Gasteiger charge is 2.21. The fraction of sp³-hybridized carbons (Fsp3) is 0.467. The molecule has 2 rings (SSSR count).